The van der Waals surface area contributed by atoms with E-state index in [1.165, 1.54) is 18.5 Å². The smallest absolute Gasteiger partial charge is 0.308 e. The average Bonchev–Trinajstić information content (AvgIpc) is 3.18. The van der Waals surface area contributed by atoms with Crippen molar-refractivity contribution in [3.63, 3.8) is 0 Å². The number of carboxylic acid groups (broad SMARTS) is 1. The van der Waals surface area contributed by atoms with Crippen molar-refractivity contribution in [3.8, 4) is 0 Å². The summed E-state index contributed by atoms with van der Waals surface area (Å²) in [5, 5.41) is 10.4. The zero-order valence-electron chi connectivity index (χ0n) is 12.3. The normalized spacial score (nSPS) is 16.3. The predicted octanol–water partition coefficient (Wildman–Crippen LogP) is 0.981. The van der Waals surface area contributed by atoms with Crippen LogP contribution >= 0.6 is 11.3 Å². The van der Waals surface area contributed by atoms with Gasteiger partial charge in [-0.2, -0.15) is 0 Å². The lowest BCUT2D eigenvalue weighted by Gasteiger charge is -2.23. The van der Waals surface area contributed by atoms with E-state index in [1.807, 2.05) is 0 Å². The van der Waals surface area contributed by atoms with Crippen LogP contribution in [0.1, 0.15) is 29.4 Å². The van der Waals surface area contributed by atoms with E-state index in [-0.39, 0.29) is 23.4 Å². The molecule has 1 aromatic rings. The first-order valence-corrected chi connectivity index (χ1v) is 9.18. The minimum Gasteiger partial charge on any atom is -0.481 e. The van der Waals surface area contributed by atoms with Crippen molar-refractivity contribution >= 4 is 33.2 Å². The monoisotopic (exact) mass is 346 g/mol. The Morgan fingerprint density at radius 1 is 1.50 bits per heavy atom. The highest BCUT2D eigenvalue weighted by molar-refractivity contribution is 7.89. The number of rotatable bonds is 7. The van der Waals surface area contributed by atoms with Crippen molar-refractivity contribution in [2.24, 2.45) is 5.92 Å². The number of hydrogen-bond donors (Lipinski definition) is 2. The van der Waals surface area contributed by atoms with Crippen molar-refractivity contribution in [1.29, 1.82) is 0 Å². The van der Waals surface area contributed by atoms with Gasteiger partial charge >= 0.3 is 5.97 Å². The molecule has 122 valence electrons. The Morgan fingerprint density at radius 3 is 2.64 bits per heavy atom. The molecule has 0 spiro atoms. The molecular formula is C13H18N2O5S2. The van der Waals surface area contributed by atoms with Gasteiger partial charge in [-0.05, 0) is 26.0 Å². The fourth-order valence-electron chi connectivity index (χ4n) is 1.99. The van der Waals surface area contributed by atoms with Crippen LogP contribution in [0.25, 0.3) is 0 Å². The zero-order valence-corrected chi connectivity index (χ0v) is 13.9. The van der Waals surface area contributed by atoms with Gasteiger partial charge in [0.25, 0.3) is 5.91 Å². The standard InChI is InChI=1S/C13H18N2O5S2/c1-8(13(17)18)6-15(9-3-4-9)12(16)11-5-10(7-21-11)22(19,20)14-2/h5,7-9,14H,3-4,6H2,1-2H3,(H,17,18). The van der Waals surface area contributed by atoms with E-state index in [0.29, 0.717) is 4.88 Å². The van der Waals surface area contributed by atoms with E-state index in [4.69, 9.17) is 5.11 Å². The topological polar surface area (TPSA) is 104 Å². The predicted molar refractivity (Wildman–Crippen MR) is 81.4 cm³/mol. The van der Waals surface area contributed by atoms with Gasteiger partial charge < -0.3 is 10.0 Å². The molecule has 1 unspecified atom stereocenters. The Labute approximate surface area is 133 Å². The number of carbonyl (C=O) groups is 2. The highest BCUT2D eigenvalue weighted by Crippen LogP contribution is 2.31. The maximum atomic E-state index is 12.5. The van der Waals surface area contributed by atoms with Gasteiger partial charge in [0.15, 0.2) is 0 Å². The van der Waals surface area contributed by atoms with Gasteiger partial charge in [0, 0.05) is 18.0 Å². The largest absolute Gasteiger partial charge is 0.481 e. The first-order chi connectivity index (χ1) is 10.3. The summed E-state index contributed by atoms with van der Waals surface area (Å²) in [7, 11) is -2.28. The van der Waals surface area contributed by atoms with Crippen LogP contribution in [0.2, 0.25) is 0 Å². The molecule has 1 aliphatic rings. The number of aliphatic carboxylic acids is 1. The number of nitrogens with zero attached hydrogens (tertiary/aromatic N) is 1. The number of thiophene rings is 1. The van der Waals surface area contributed by atoms with E-state index < -0.39 is 21.9 Å². The molecule has 0 radical (unpaired) electrons. The Balaban J connectivity index is 2.19. The van der Waals surface area contributed by atoms with Crippen LogP contribution in [-0.2, 0) is 14.8 Å². The molecule has 0 bridgehead atoms. The summed E-state index contributed by atoms with van der Waals surface area (Å²) in [5.74, 6) is -1.92. The van der Waals surface area contributed by atoms with Crippen LogP contribution < -0.4 is 4.72 Å². The van der Waals surface area contributed by atoms with E-state index in [9.17, 15) is 18.0 Å². The molecule has 1 fully saturated rings. The van der Waals surface area contributed by atoms with Gasteiger partial charge in [-0.1, -0.05) is 6.92 Å². The Kier molecular flexibility index (Phi) is 4.88. The molecule has 1 heterocycles. The summed E-state index contributed by atoms with van der Waals surface area (Å²) in [6.45, 7) is 1.68. The van der Waals surface area contributed by atoms with Gasteiger partial charge in [0.2, 0.25) is 10.0 Å². The van der Waals surface area contributed by atoms with Crippen LogP contribution in [0.5, 0.6) is 0 Å². The molecule has 1 saturated carbocycles. The Hall–Kier alpha value is -1.45. The summed E-state index contributed by atoms with van der Waals surface area (Å²) in [5.41, 5.74) is 0. The Bertz CT molecular complexity index is 678. The molecule has 1 aromatic heterocycles. The molecule has 0 saturated heterocycles. The second-order valence-electron chi connectivity index (χ2n) is 5.28. The molecule has 0 aromatic carbocycles. The summed E-state index contributed by atoms with van der Waals surface area (Å²) in [6, 6.07) is 1.39. The lowest BCUT2D eigenvalue weighted by molar-refractivity contribution is -0.141. The summed E-state index contributed by atoms with van der Waals surface area (Å²) in [6.07, 6.45) is 1.70. The van der Waals surface area contributed by atoms with E-state index in [2.05, 4.69) is 4.72 Å². The highest BCUT2D eigenvalue weighted by atomic mass is 32.2. The molecule has 1 aliphatic carbocycles. The van der Waals surface area contributed by atoms with E-state index >= 15 is 0 Å². The first kappa shape index (κ1) is 16.9. The van der Waals surface area contributed by atoms with Gasteiger partial charge in [-0.15, -0.1) is 11.3 Å². The number of nitrogens with one attached hydrogen (secondary N) is 1. The highest BCUT2D eigenvalue weighted by Gasteiger charge is 2.35. The van der Waals surface area contributed by atoms with E-state index in [1.54, 1.807) is 11.8 Å². The molecule has 22 heavy (non-hydrogen) atoms. The maximum absolute atomic E-state index is 12.5. The molecule has 1 atom stereocenters. The third kappa shape index (κ3) is 3.65. The lowest BCUT2D eigenvalue weighted by atomic mass is 10.1. The van der Waals surface area contributed by atoms with Crippen molar-refractivity contribution in [3.05, 3.63) is 16.3 Å². The van der Waals surface area contributed by atoms with Gasteiger partial charge in [-0.25, -0.2) is 13.1 Å². The third-order valence-electron chi connectivity index (χ3n) is 3.51. The molecule has 0 aliphatic heterocycles. The number of hydrogen-bond acceptors (Lipinski definition) is 5. The third-order valence-corrected chi connectivity index (χ3v) is 5.97. The number of amides is 1. The lowest BCUT2D eigenvalue weighted by Crippen LogP contribution is -2.38. The fourth-order valence-corrected chi connectivity index (χ4v) is 3.95. The van der Waals surface area contributed by atoms with Gasteiger partial charge in [-0.3, -0.25) is 9.59 Å². The summed E-state index contributed by atoms with van der Waals surface area (Å²) >= 11 is 1.05. The molecule has 2 rings (SSSR count). The van der Waals surface area contributed by atoms with Crippen molar-refractivity contribution in [2.45, 2.75) is 30.7 Å². The second-order valence-corrected chi connectivity index (χ2v) is 8.08. The summed E-state index contributed by atoms with van der Waals surface area (Å²) in [4.78, 5) is 25.4. The van der Waals surface area contributed by atoms with Crippen molar-refractivity contribution in [2.75, 3.05) is 13.6 Å². The molecule has 9 heteroatoms. The van der Waals surface area contributed by atoms with Crippen molar-refractivity contribution in [1.82, 2.24) is 9.62 Å². The molecular weight excluding hydrogens is 328 g/mol. The molecule has 2 N–H and O–H groups in total. The number of carboxylic acids is 1. The average molecular weight is 346 g/mol. The SMILES string of the molecule is CNS(=O)(=O)c1csc(C(=O)N(CC(C)C(=O)O)C2CC2)c1. The van der Waals surface area contributed by atoms with Crippen molar-refractivity contribution < 1.29 is 23.1 Å². The number of carbonyl (C=O) groups excluding carboxylic acids is 1. The van der Waals surface area contributed by atoms with Gasteiger partial charge in [0.1, 0.15) is 0 Å². The minimum atomic E-state index is -3.58. The zero-order chi connectivity index (χ0) is 16.5. The van der Waals surface area contributed by atoms with Crippen LogP contribution in [0.3, 0.4) is 0 Å². The molecule has 7 nitrogen and oxygen atoms in total. The number of sulfonamides is 1. The van der Waals surface area contributed by atoms with Crippen LogP contribution in [0, 0.1) is 5.92 Å². The molecule has 1 amide bonds. The minimum absolute atomic E-state index is 0.0466. The quantitative estimate of drug-likeness (QED) is 0.766. The fraction of sp³-hybridized carbons (Fsp3) is 0.538. The van der Waals surface area contributed by atoms with E-state index in [0.717, 1.165) is 24.2 Å². The van der Waals surface area contributed by atoms with Gasteiger partial charge in [0.05, 0.1) is 15.7 Å². The van der Waals surface area contributed by atoms with Crippen LogP contribution in [-0.4, -0.2) is 49.9 Å². The van der Waals surface area contributed by atoms with Crippen LogP contribution in [0.4, 0.5) is 0 Å². The first-order valence-electron chi connectivity index (χ1n) is 6.82. The Morgan fingerprint density at radius 2 is 2.14 bits per heavy atom. The second kappa shape index (κ2) is 6.35. The van der Waals surface area contributed by atoms with Crippen LogP contribution in [0.15, 0.2) is 16.3 Å². The maximum Gasteiger partial charge on any atom is 0.308 e. The summed E-state index contributed by atoms with van der Waals surface area (Å²) < 4.78 is 25.6.